The summed E-state index contributed by atoms with van der Waals surface area (Å²) in [4.78, 5) is 12.4. The molecule has 4 rings (SSSR count). The number of hydrogen-bond donors (Lipinski definition) is 1. The molecule has 1 aliphatic rings. The van der Waals surface area contributed by atoms with Crippen LogP contribution >= 0.6 is 11.6 Å². The second-order valence-corrected chi connectivity index (χ2v) is 7.40. The number of carbonyl (C=O) groups is 1. The monoisotopic (exact) mass is 397 g/mol. The van der Waals surface area contributed by atoms with Crippen molar-refractivity contribution in [2.45, 2.75) is 39.2 Å². The van der Waals surface area contributed by atoms with Crippen LogP contribution in [0, 0.1) is 6.92 Å². The number of ether oxygens (including phenoxy) is 1. The van der Waals surface area contributed by atoms with Gasteiger partial charge in [0.05, 0.1) is 11.8 Å². The molecule has 0 radical (unpaired) electrons. The number of hydrogen-bond acceptors (Lipinski definition) is 5. The molecule has 1 N–H and O–H groups in total. The van der Waals surface area contributed by atoms with Gasteiger partial charge in [0.2, 0.25) is 5.91 Å². The van der Waals surface area contributed by atoms with Crippen molar-refractivity contribution < 1.29 is 9.53 Å². The van der Waals surface area contributed by atoms with Crippen LogP contribution in [0.25, 0.3) is 5.82 Å². The Morgan fingerprint density at radius 1 is 1.18 bits per heavy atom. The number of fused-ring (bicyclic) bond motifs is 1. The maximum absolute atomic E-state index is 12.4. The fourth-order valence-electron chi connectivity index (χ4n) is 3.47. The van der Waals surface area contributed by atoms with E-state index in [1.165, 1.54) is 0 Å². The maximum Gasteiger partial charge on any atom is 0.226 e. The molecule has 0 saturated heterocycles. The topological polar surface area (TPSA) is 81.9 Å². The standard InChI is InChI=1S/C20H20ClN5O2/c1-11(2)28-14-6-4-13(5-7-14)15-10-18(27)22-20-19(15)12(3)25-26(20)17-9-8-16(21)23-24-17/h4-9,11,15H,10H2,1-3H3,(H,22,27)/t15-/m0/s1. The van der Waals surface area contributed by atoms with Crippen LogP contribution in [0.2, 0.25) is 5.15 Å². The third kappa shape index (κ3) is 3.45. The number of aryl methyl sites for hydroxylation is 1. The van der Waals surface area contributed by atoms with Gasteiger partial charge in [0.25, 0.3) is 0 Å². The average molecular weight is 398 g/mol. The lowest BCUT2D eigenvalue weighted by Crippen LogP contribution is -2.25. The smallest absolute Gasteiger partial charge is 0.226 e. The fraction of sp³-hybridized carbons (Fsp3) is 0.300. The molecule has 1 aromatic carbocycles. The number of halogens is 1. The Labute approximate surface area is 167 Å². The lowest BCUT2D eigenvalue weighted by atomic mass is 9.86. The molecule has 0 saturated carbocycles. The van der Waals surface area contributed by atoms with E-state index in [-0.39, 0.29) is 17.9 Å². The van der Waals surface area contributed by atoms with E-state index < -0.39 is 0 Å². The molecule has 3 aromatic rings. The quantitative estimate of drug-likeness (QED) is 0.722. The Balaban J connectivity index is 1.75. The molecular weight excluding hydrogens is 378 g/mol. The summed E-state index contributed by atoms with van der Waals surface area (Å²) in [5, 5.41) is 15.8. The third-order valence-corrected chi connectivity index (χ3v) is 4.79. The summed E-state index contributed by atoms with van der Waals surface area (Å²) in [6, 6.07) is 11.2. The summed E-state index contributed by atoms with van der Waals surface area (Å²) in [6.07, 6.45) is 0.467. The first kappa shape index (κ1) is 18.4. The highest BCUT2D eigenvalue weighted by atomic mass is 35.5. The van der Waals surface area contributed by atoms with Crippen LogP contribution in [0.3, 0.4) is 0 Å². The summed E-state index contributed by atoms with van der Waals surface area (Å²) < 4.78 is 7.33. The highest BCUT2D eigenvalue weighted by Crippen LogP contribution is 2.40. The Morgan fingerprint density at radius 3 is 2.57 bits per heavy atom. The molecule has 7 nitrogen and oxygen atoms in total. The molecule has 8 heteroatoms. The van der Waals surface area contributed by atoms with E-state index in [1.54, 1.807) is 16.8 Å². The number of rotatable bonds is 4. The lowest BCUT2D eigenvalue weighted by molar-refractivity contribution is -0.116. The molecule has 1 aliphatic heterocycles. The Bertz CT molecular complexity index is 1010. The molecule has 1 atom stereocenters. The van der Waals surface area contributed by atoms with Crippen LogP contribution in [0.4, 0.5) is 5.82 Å². The van der Waals surface area contributed by atoms with Crippen molar-refractivity contribution in [3.05, 3.63) is 58.4 Å². The fourth-order valence-corrected chi connectivity index (χ4v) is 3.57. The molecule has 0 bridgehead atoms. The minimum atomic E-state index is -0.0918. The van der Waals surface area contributed by atoms with Crippen LogP contribution < -0.4 is 10.1 Å². The van der Waals surface area contributed by atoms with E-state index in [9.17, 15) is 4.79 Å². The summed E-state index contributed by atoms with van der Waals surface area (Å²) in [5.74, 6) is 1.77. The second-order valence-electron chi connectivity index (χ2n) is 7.01. The van der Waals surface area contributed by atoms with E-state index in [2.05, 4.69) is 20.6 Å². The summed E-state index contributed by atoms with van der Waals surface area (Å²) >= 11 is 5.84. The molecule has 0 unspecified atom stereocenters. The number of amides is 1. The van der Waals surface area contributed by atoms with Crippen molar-refractivity contribution in [3.63, 3.8) is 0 Å². The van der Waals surface area contributed by atoms with Crippen LogP contribution in [0.1, 0.15) is 43.0 Å². The van der Waals surface area contributed by atoms with Crippen LogP contribution in [-0.2, 0) is 4.79 Å². The maximum atomic E-state index is 12.4. The summed E-state index contributed by atoms with van der Waals surface area (Å²) in [6.45, 7) is 5.91. The van der Waals surface area contributed by atoms with Crippen molar-refractivity contribution >= 4 is 23.3 Å². The van der Waals surface area contributed by atoms with E-state index in [0.29, 0.717) is 23.2 Å². The normalized spacial score (nSPS) is 16.0. The van der Waals surface area contributed by atoms with Crippen molar-refractivity contribution in [2.75, 3.05) is 5.32 Å². The number of aromatic nitrogens is 4. The second kappa shape index (κ2) is 7.24. The van der Waals surface area contributed by atoms with Crippen LogP contribution in [0.5, 0.6) is 5.75 Å². The van der Waals surface area contributed by atoms with Crippen LogP contribution in [-0.4, -0.2) is 32.0 Å². The van der Waals surface area contributed by atoms with E-state index in [0.717, 1.165) is 22.6 Å². The Kier molecular flexibility index (Phi) is 4.77. The van der Waals surface area contributed by atoms with Crippen molar-refractivity contribution in [3.8, 4) is 11.6 Å². The van der Waals surface area contributed by atoms with Gasteiger partial charge in [-0.15, -0.1) is 10.2 Å². The molecule has 28 heavy (non-hydrogen) atoms. The Morgan fingerprint density at radius 2 is 1.93 bits per heavy atom. The first-order valence-corrected chi connectivity index (χ1v) is 9.45. The first-order chi connectivity index (χ1) is 13.4. The van der Waals surface area contributed by atoms with Gasteiger partial charge in [-0.1, -0.05) is 23.7 Å². The zero-order chi connectivity index (χ0) is 19.8. The Hall–Kier alpha value is -2.93. The van der Waals surface area contributed by atoms with Gasteiger partial charge in [-0.2, -0.15) is 9.78 Å². The highest BCUT2D eigenvalue weighted by Gasteiger charge is 2.33. The van der Waals surface area contributed by atoms with Gasteiger partial charge in [0.1, 0.15) is 11.6 Å². The number of nitrogens with one attached hydrogen (secondary N) is 1. The lowest BCUT2D eigenvalue weighted by Gasteiger charge is -2.24. The molecule has 144 valence electrons. The van der Waals surface area contributed by atoms with E-state index >= 15 is 0 Å². The van der Waals surface area contributed by atoms with Crippen LogP contribution in [0.15, 0.2) is 36.4 Å². The predicted molar refractivity (Wildman–Crippen MR) is 106 cm³/mol. The molecular formula is C20H20ClN5O2. The van der Waals surface area contributed by atoms with E-state index in [4.69, 9.17) is 16.3 Å². The third-order valence-electron chi connectivity index (χ3n) is 4.59. The molecule has 0 spiro atoms. The summed E-state index contributed by atoms with van der Waals surface area (Å²) in [7, 11) is 0. The van der Waals surface area contributed by atoms with E-state index in [1.807, 2.05) is 45.0 Å². The number of anilines is 1. The highest BCUT2D eigenvalue weighted by molar-refractivity contribution is 6.29. The zero-order valence-corrected chi connectivity index (χ0v) is 16.6. The van der Waals surface area contributed by atoms with Gasteiger partial charge in [-0.25, -0.2) is 0 Å². The SMILES string of the molecule is Cc1nn(-c2ccc(Cl)nn2)c2c1[C@H](c1ccc(OC(C)C)cc1)CC(=O)N2. The molecule has 2 aromatic heterocycles. The van der Waals surface area contributed by atoms with Crippen molar-refractivity contribution in [1.29, 1.82) is 0 Å². The predicted octanol–water partition coefficient (Wildman–Crippen LogP) is 3.89. The van der Waals surface area contributed by atoms with Gasteiger partial charge < -0.3 is 10.1 Å². The van der Waals surface area contributed by atoms with Gasteiger partial charge in [0, 0.05) is 17.9 Å². The van der Waals surface area contributed by atoms with Gasteiger partial charge >= 0.3 is 0 Å². The molecule has 3 heterocycles. The zero-order valence-electron chi connectivity index (χ0n) is 15.8. The van der Waals surface area contributed by atoms with Gasteiger partial charge in [-0.3, -0.25) is 4.79 Å². The molecule has 1 amide bonds. The minimum absolute atomic E-state index is 0.0666. The number of benzene rings is 1. The van der Waals surface area contributed by atoms with Crippen molar-refractivity contribution in [2.24, 2.45) is 0 Å². The molecule has 0 fully saturated rings. The number of nitrogens with zero attached hydrogens (tertiary/aromatic N) is 4. The van der Waals surface area contributed by atoms with Gasteiger partial charge in [0.15, 0.2) is 11.0 Å². The summed E-state index contributed by atoms with van der Waals surface area (Å²) in [5.41, 5.74) is 2.85. The largest absolute Gasteiger partial charge is 0.491 e. The first-order valence-electron chi connectivity index (χ1n) is 9.08. The van der Waals surface area contributed by atoms with Gasteiger partial charge in [-0.05, 0) is 50.6 Å². The van der Waals surface area contributed by atoms with Crippen molar-refractivity contribution in [1.82, 2.24) is 20.0 Å². The minimum Gasteiger partial charge on any atom is -0.491 e. The molecule has 0 aliphatic carbocycles. The number of carbonyl (C=O) groups excluding carboxylic acids is 1. The average Bonchev–Trinajstić information content (AvgIpc) is 2.98.